The largest absolute Gasteiger partial charge is 0.496 e. The van der Waals surface area contributed by atoms with E-state index in [0.29, 0.717) is 12.1 Å². The standard InChI is InChI=1S/C15H11BrINO3/c1-20-13-4-2-9(6-11(13)16)8-18-12-7-10(17)3-5-14(12)21-15(18)19/h2-7H,8H2,1H3. The number of oxazole rings is 1. The summed E-state index contributed by atoms with van der Waals surface area (Å²) in [6, 6.07) is 11.4. The molecule has 0 spiro atoms. The molecule has 0 N–H and O–H groups in total. The Morgan fingerprint density at radius 3 is 2.81 bits per heavy atom. The molecule has 0 radical (unpaired) electrons. The topological polar surface area (TPSA) is 44.4 Å². The quantitative estimate of drug-likeness (QED) is 0.555. The lowest BCUT2D eigenvalue weighted by Crippen LogP contribution is -2.14. The van der Waals surface area contributed by atoms with E-state index >= 15 is 0 Å². The van der Waals surface area contributed by atoms with E-state index in [4.69, 9.17) is 9.15 Å². The van der Waals surface area contributed by atoms with Gasteiger partial charge in [0.15, 0.2) is 5.58 Å². The third kappa shape index (κ3) is 2.87. The van der Waals surface area contributed by atoms with Crippen LogP contribution in [0.1, 0.15) is 5.56 Å². The molecule has 0 fully saturated rings. The van der Waals surface area contributed by atoms with Gasteiger partial charge in [-0.25, -0.2) is 4.79 Å². The summed E-state index contributed by atoms with van der Waals surface area (Å²) < 4.78 is 14.0. The fraction of sp³-hybridized carbons (Fsp3) is 0.133. The minimum absolute atomic E-state index is 0.348. The van der Waals surface area contributed by atoms with Crippen LogP contribution in [0.5, 0.6) is 5.75 Å². The van der Waals surface area contributed by atoms with Crippen molar-refractivity contribution in [3.05, 3.63) is 60.6 Å². The molecule has 0 saturated heterocycles. The Morgan fingerprint density at radius 2 is 2.10 bits per heavy atom. The van der Waals surface area contributed by atoms with Crippen molar-refractivity contribution in [3.63, 3.8) is 0 Å². The van der Waals surface area contributed by atoms with Crippen LogP contribution in [0.15, 0.2) is 50.1 Å². The minimum atomic E-state index is -0.348. The van der Waals surface area contributed by atoms with Crippen molar-refractivity contribution < 1.29 is 9.15 Å². The zero-order valence-electron chi connectivity index (χ0n) is 11.1. The molecule has 0 aliphatic carbocycles. The zero-order valence-corrected chi connectivity index (χ0v) is 14.8. The average Bonchev–Trinajstić information content (AvgIpc) is 2.75. The Kier molecular flexibility index (Phi) is 4.08. The molecule has 0 unspecified atom stereocenters. The first-order chi connectivity index (χ1) is 10.1. The number of hydrogen-bond donors (Lipinski definition) is 0. The maximum atomic E-state index is 12.0. The van der Waals surface area contributed by atoms with Crippen LogP contribution >= 0.6 is 38.5 Å². The van der Waals surface area contributed by atoms with Gasteiger partial charge in [-0.1, -0.05) is 6.07 Å². The molecule has 3 aromatic rings. The second kappa shape index (κ2) is 5.84. The normalized spacial score (nSPS) is 11.0. The number of methoxy groups -OCH3 is 1. The van der Waals surface area contributed by atoms with Gasteiger partial charge >= 0.3 is 5.76 Å². The number of fused-ring (bicyclic) bond motifs is 1. The Labute approximate surface area is 143 Å². The SMILES string of the molecule is COc1ccc(Cn2c(=O)oc3ccc(I)cc32)cc1Br. The van der Waals surface area contributed by atoms with E-state index in [1.54, 1.807) is 11.7 Å². The predicted molar refractivity (Wildman–Crippen MR) is 93.0 cm³/mol. The van der Waals surface area contributed by atoms with Crippen molar-refractivity contribution in [1.29, 1.82) is 0 Å². The number of halogens is 2. The van der Waals surface area contributed by atoms with Crippen LogP contribution in [0.4, 0.5) is 0 Å². The first-order valence-electron chi connectivity index (χ1n) is 6.20. The third-order valence-corrected chi connectivity index (χ3v) is 4.48. The lowest BCUT2D eigenvalue weighted by molar-refractivity contribution is 0.412. The fourth-order valence-corrected chi connectivity index (χ4v) is 3.24. The smallest absolute Gasteiger partial charge is 0.420 e. The summed E-state index contributed by atoms with van der Waals surface area (Å²) in [4.78, 5) is 12.0. The van der Waals surface area contributed by atoms with Gasteiger partial charge in [-0.3, -0.25) is 4.57 Å². The van der Waals surface area contributed by atoms with E-state index in [0.717, 1.165) is 24.9 Å². The maximum Gasteiger partial charge on any atom is 0.420 e. The van der Waals surface area contributed by atoms with Crippen LogP contribution in [0.25, 0.3) is 11.1 Å². The van der Waals surface area contributed by atoms with Crippen LogP contribution < -0.4 is 10.5 Å². The molecule has 1 aromatic heterocycles. The van der Waals surface area contributed by atoms with Gasteiger partial charge in [0, 0.05) is 3.57 Å². The summed E-state index contributed by atoms with van der Waals surface area (Å²) in [5, 5.41) is 0. The van der Waals surface area contributed by atoms with Gasteiger partial charge in [0.05, 0.1) is 23.6 Å². The number of ether oxygens (including phenoxy) is 1. The van der Waals surface area contributed by atoms with Gasteiger partial charge in [0.1, 0.15) is 5.75 Å². The molecular weight excluding hydrogens is 449 g/mol. The van der Waals surface area contributed by atoms with E-state index in [9.17, 15) is 4.79 Å². The van der Waals surface area contributed by atoms with Crippen LogP contribution in [0.3, 0.4) is 0 Å². The summed E-state index contributed by atoms with van der Waals surface area (Å²) in [6.45, 7) is 0.453. The van der Waals surface area contributed by atoms with Crippen molar-refractivity contribution in [2.45, 2.75) is 6.54 Å². The van der Waals surface area contributed by atoms with Crippen LogP contribution in [-0.2, 0) is 6.54 Å². The second-order valence-electron chi connectivity index (χ2n) is 4.54. The van der Waals surface area contributed by atoms with Crippen LogP contribution in [0, 0.1) is 3.57 Å². The lowest BCUT2D eigenvalue weighted by atomic mass is 10.2. The molecule has 1 heterocycles. The summed E-state index contributed by atoms with van der Waals surface area (Å²) in [5.74, 6) is 0.414. The molecule has 0 amide bonds. The highest BCUT2D eigenvalue weighted by atomic mass is 127. The Bertz CT molecular complexity index is 869. The van der Waals surface area contributed by atoms with Crippen molar-refractivity contribution >= 4 is 49.6 Å². The van der Waals surface area contributed by atoms with Crippen molar-refractivity contribution in [1.82, 2.24) is 4.57 Å². The molecule has 0 aliphatic heterocycles. The summed E-state index contributed by atoms with van der Waals surface area (Å²) in [5.41, 5.74) is 2.40. The zero-order chi connectivity index (χ0) is 15.0. The molecule has 108 valence electrons. The minimum Gasteiger partial charge on any atom is -0.496 e. The highest BCUT2D eigenvalue weighted by Gasteiger charge is 2.11. The Balaban J connectivity index is 2.05. The van der Waals surface area contributed by atoms with Crippen LogP contribution in [0.2, 0.25) is 0 Å². The monoisotopic (exact) mass is 459 g/mol. The number of rotatable bonds is 3. The predicted octanol–water partition coefficient (Wildman–Crippen LogP) is 4.02. The lowest BCUT2D eigenvalue weighted by Gasteiger charge is -2.07. The molecule has 3 rings (SSSR count). The first-order valence-corrected chi connectivity index (χ1v) is 8.07. The van der Waals surface area contributed by atoms with Gasteiger partial charge in [0.25, 0.3) is 0 Å². The molecule has 6 heteroatoms. The van der Waals surface area contributed by atoms with Gasteiger partial charge in [0.2, 0.25) is 0 Å². The Hall–Kier alpha value is -1.28. The summed E-state index contributed by atoms with van der Waals surface area (Å²) >= 11 is 5.67. The highest BCUT2D eigenvalue weighted by molar-refractivity contribution is 14.1. The molecule has 4 nitrogen and oxygen atoms in total. The molecule has 2 aromatic carbocycles. The van der Waals surface area contributed by atoms with E-state index in [1.807, 2.05) is 36.4 Å². The van der Waals surface area contributed by atoms with E-state index in [1.165, 1.54) is 0 Å². The number of aromatic nitrogens is 1. The number of nitrogens with zero attached hydrogens (tertiary/aromatic N) is 1. The van der Waals surface area contributed by atoms with Crippen molar-refractivity contribution in [2.75, 3.05) is 7.11 Å². The highest BCUT2D eigenvalue weighted by Crippen LogP contribution is 2.26. The molecule has 0 saturated carbocycles. The third-order valence-electron chi connectivity index (χ3n) is 3.19. The van der Waals surface area contributed by atoms with E-state index in [2.05, 4.69) is 38.5 Å². The van der Waals surface area contributed by atoms with Crippen molar-refractivity contribution in [3.8, 4) is 5.75 Å². The molecular formula is C15H11BrINO3. The van der Waals surface area contributed by atoms with Gasteiger partial charge in [-0.2, -0.15) is 0 Å². The summed E-state index contributed by atoms with van der Waals surface area (Å²) in [7, 11) is 1.62. The number of hydrogen-bond acceptors (Lipinski definition) is 3. The molecule has 21 heavy (non-hydrogen) atoms. The fourth-order valence-electron chi connectivity index (χ4n) is 2.18. The Morgan fingerprint density at radius 1 is 1.29 bits per heavy atom. The second-order valence-corrected chi connectivity index (χ2v) is 6.64. The van der Waals surface area contributed by atoms with Crippen molar-refractivity contribution in [2.24, 2.45) is 0 Å². The van der Waals surface area contributed by atoms with Gasteiger partial charge in [-0.15, -0.1) is 0 Å². The maximum absolute atomic E-state index is 12.0. The van der Waals surface area contributed by atoms with E-state index in [-0.39, 0.29) is 5.76 Å². The van der Waals surface area contributed by atoms with Gasteiger partial charge < -0.3 is 9.15 Å². The van der Waals surface area contributed by atoms with Gasteiger partial charge in [-0.05, 0) is 74.4 Å². The first kappa shape index (κ1) is 14.6. The molecule has 0 aliphatic rings. The molecule has 0 bridgehead atoms. The molecule has 0 atom stereocenters. The average molecular weight is 460 g/mol. The number of benzene rings is 2. The summed E-state index contributed by atoms with van der Waals surface area (Å²) in [6.07, 6.45) is 0. The van der Waals surface area contributed by atoms with Crippen LogP contribution in [-0.4, -0.2) is 11.7 Å². The van der Waals surface area contributed by atoms with E-state index < -0.39 is 0 Å².